The minimum Gasteiger partial charge on any atom is -0.366 e. The molecular formula is C41H40N6O5. The number of carbonyl (C=O) groups is 5. The van der Waals surface area contributed by atoms with E-state index < -0.39 is 18.0 Å². The highest BCUT2D eigenvalue weighted by Crippen LogP contribution is 2.34. The largest absolute Gasteiger partial charge is 0.366 e. The molecule has 2 aliphatic heterocycles. The van der Waals surface area contributed by atoms with E-state index in [0.717, 1.165) is 17.5 Å². The van der Waals surface area contributed by atoms with E-state index in [1.165, 1.54) is 0 Å². The summed E-state index contributed by atoms with van der Waals surface area (Å²) < 4.78 is 1.57. The summed E-state index contributed by atoms with van der Waals surface area (Å²) in [5, 5.41) is 3.52. The van der Waals surface area contributed by atoms with Crippen molar-refractivity contribution in [1.82, 2.24) is 14.5 Å². The first-order valence-corrected chi connectivity index (χ1v) is 17.6. The Morgan fingerprint density at radius 2 is 1.15 bits per heavy atom. The fourth-order valence-electron chi connectivity index (χ4n) is 7.42. The van der Waals surface area contributed by atoms with Gasteiger partial charge in [-0.2, -0.15) is 0 Å². The van der Waals surface area contributed by atoms with Crippen molar-refractivity contribution in [2.75, 3.05) is 23.8 Å². The minimum absolute atomic E-state index is 0.0886. The van der Waals surface area contributed by atoms with E-state index in [9.17, 15) is 24.0 Å². The number of likely N-dealkylation sites (tertiary alicyclic amines) is 2. The monoisotopic (exact) mass is 696 g/mol. The molecule has 52 heavy (non-hydrogen) atoms. The average molecular weight is 697 g/mol. The molecule has 5 aromatic rings. The van der Waals surface area contributed by atoms with E-state index in [1.54, 1.807) is 63.0 Å². The first-order valence-electron chi connectivity index (χ1n) is 17.6. The summed E-state index contributed by atoms with van der Waals surface area (Å²) >= 11 is 0. The van der Waals surface area contributed by atoms with Gasteiger partial charge >= 0.3 is 0 Å². The van der Waals surface area contributed by atoms with Gasteiger partial charge in [0.05, 0.1) is 29.6 Å². The van der Waals surface area contributed by atoms with Crippen molar-refractivity contribution in [2.24, 2.45) is 5.73 Å². The summed E-state index contributed by atoms with van der Waals surface area (Å²) in [5.74, 6) is -1.52. The van der Waals surface area contributed by atoms with Crippen LogP contribution in [0.5, 0.6) is 0 Å². The Bertz CT molecular complexity index is 2130. The van der Waals surface area contributed by atoms with Crippen molar-refractivity contribution in [2.45, 2.75) is 50.6 Å². The molecule has 0 radical (unpaired) electrons. The maximum Gasteiger partial charge on any atom is 0.261 e. The number of hydrogen-bond donors (Lipinski definition) is 3. The van der Waals surface area contributed by atoms with Gasteiger partial charge in [-0.25, -0.2) is 0 Å². The summed E-state index contributed by atoms with van der Waals surface area (Å²) in [4.78, 5) is 70.1. The van der Waals surface area contributed by atoms with Crippen LogP contribution in [0, 0.1) is 0 Å². The first kappa shape index (κ1) is 34.2. The van der Waals surface area contributed by atoms with Crippen LogP contribution in [-0.2, 0) is 32.0 Å². The number of anilines is 1. The highest BCUT2D eigenvalue weighted by molar-refractivity contribution is 6.13. The molecule has 7 rings (SSSR count). The number of hydrogen-bond acceptors (Lipinski definition) is 5. The van der Waals surface area contributed by atoms with Gasteiger partial charge in [0.1, 0.15) is 12.1 Å². The van der Waals surface area contributed by atoms with Gasteiger partial charge in [-0.3, -0.25) is 34.1 Å². The van der Waals surface area contributed by atoms with Crippen LogP contribution in [0.1, 0.15) is 47.2 Å². The molecule has 2 aliphatic rings. The van der Waals surface area contributed by atoms with E-state index in [-0.39, 0.29) is 42.0 Å². The lowest BCUT2D eigenvalue weighted by Crippen LogP contribution is -2.45. The number of nitrogens with two attached hydrogens (primary N) is 1. The van der Waals surface area contributed by atoms with Crippen molar-refractivity contribution in [1.29, 1.82) is 0 Å². The van der Waals surface area contributed by atoms with Gasteiger partial charge in [-0.15, -0.1) is 0 Å². The molecular weight excluding hydrogens is 656 g/mol. The molecule has 3 heterocycles. The van der Waals surface area contributed by atoms with Gasteiger partial charge in [-0.1, -0.05) is 91.0 Å². The number of fused-ring (bicyclic) bond motifs is 1. The normalized spacial score (nSPS) is 16.9. The highest BCUT2D eigenvalue weighted by atomic mass is 16.2. The lowest BCUT2D eigenvalue weighted by atomic mass is 10.0. The van der Waals surface area contributed by atoms with Crippen LogP contribution in [0.25, 0.3) is 22.2 Å². The summed E-state index contributed by atoms with van der Waals surface area (Å²) in [6.07, 6.45) is 2.94. The summed E-state index contributed by atoms with van der Waals surface area (Å²) in [6, 6.07) is 31.7. The predicted molar refractivity (Wildman–Crippen MR) is 199 cm³/mol. The maximum atomic E-state index is 13.9. The molecule has 5 amide bonds. The number of para-hydroxylation sites is 1. The van der Waals surface area contributed by atoms with Crippen molar-refractivity contribution in [3.63, 3.8) is 0 Å². The van der Waals surface area contributed by atoms with Gasteiger partial charge in [0.2, 0.25) is 17.7 Å². The number of nitrogens with zero attached hydrogens (tertiary/aromatic N) is 3. The topological polar surface area (TPSA) is 147 Å². The second kappa shape index (κ2) is 14.9. The third-order valence-corrected chi connectivity index (χ3v) is 9.92. The molecule has 11 nitrogen and oxygen atoms in total. The fraction of sp³-hybridized carbons (Fsp3) is 0.244. The number of rotatable bonds is 10. The molecule has 11 heteroatoms. The zero-order valence-corrected chi connectivity index (χ0v) is 28.7. The van der Waals surface area contributed by atoms with E-state index in [0.29, 0.717) is 60.2 Å². The molecule has 0 spiro atoms. The molecule has 2 atom stereocenters. The number of benzene rings is 4. The minimum atomic E-state index is -0.686. The van der Waals surface area contributed by atoms with Crippen molar-refractivity contribution >= 4 is 46.1 Å². The smallest absolute Gasteiger partial charge is 0.261 e. The van der Waals surface area contributed by atoms with Gasteiger partial charge in [-0.05, 0) is 55.0 Å². The Morgan fingerprint density at radius 3 is 1.71 bits per heavy atom. The summed E-state index contributed by atoms with van der Waals surface area (Å²) in [6.45, 7) is 0.997. The molecule has 1 aromatic heterocycles. The molecule has 4 aromatic carbocycles. The SMILES string of the molecule is NC(=O)c1c(-c2ccc(NC(=O)[C@@H]3CCCN3C(=O)Cc3ccccc3)cc2)n(NC(=O)[C@@H]2CCCN2C(=O)Cc2ccccc2)c2ccccc12. The van der Waals surface area contributed by atoms with Crippen molar-refractivity contribution in [3.8, 4) is 11.3 Å². The molecule has 2 fully saturated rings. The number of aromatic nitrogens is 1. The van der Waals surface area contributed by atoms with E-state index >= 15 is 0 Å². The van der Waals surface area contributed by atoms with Gasteiger partial charge in [0, 0.05) is 29.7 Å². The number of nitrogens with one attached hydrogen (secondary N) is 2. The average Bonchev–Trinajstić information content (AvgIpc) is 3.92. The summed E-state index contributed by atoms with van der Waals surface area (Å²) in [7, 11) is 0. The third kappa shape index (κ3) is 7.02. The lowest BCUT2D eigenvalue weighted by Gasteiger charge is -2.25. The second-order valence-electron chi connectivity index (χ2n) is 13.3. The molecule has 0 bridgehead atoms. The Hall–Kier alpha value is -6.23. The number of carbonyl (C=O) groups excluding carboxylic acids is 5. The lowest BCUT2D eigenvalue weighted by molar-refractivity contribution is -0.136. The molecule has 2 saturated heterocycles. The van der Waals surface area contributed by atoms with Crippen LogP contribution >= 0.6 is 0 Å². The summed E-state index contributed by atoms with van der Waals surface area (Å²) in [5.41, 5.74) is 13.0. The van der Waals surface area contributed by atoms with Crippen LogP contribution in [0.15, 0.2) is 109 Å². The number of primary amides is 1. The fourth-order valence-corrected chi connectivity index (χ4v) is 7.42. The van der Waals surface area contributed by atoms with Crippen molar-refractivity contribution in [3.05, 3.63) is 126 Å². The Balaban J connectivity index is 1.12. The third-order valence-electron chi connectivity index (χ3n) is 9.92. The van der Waals surface area contributed by atoms with E-state index in [1.807, 2.05) is 60.7 Å². The van der Waals surface area contributed by atoms with E-state index in [4.69, 9.17) is 5.73 Å². The van der Waals surface area contributed by atoms with Gasteiger partial charge < -0.3 is 20.9 Å². The van der Waals surface area contributed by atoms with Gasteiger partial charge in [0.25, 0.3) is 11.8 Å². The molecule has 4 N–H and O–H groups in total. The maximum absolute atomic E-state index is 13.9. The van der Waals surface area contributed by atoms with Crippen molar-refractivity contribution < 1.29 is 24.0 Å². The molecule has 0 aliphatic carbocycles. The van der Waals surface area contributed by atoms with Gasteiger partial charge in [0.15, 0.2) is 0 Å². The molecule has 264 valence electrons. The quantitative estimate of drug-likeness (QED) is 0.191. The highest BCUT2D eigenvalue weighted by Gasteiger charge is 2.36. The van der Waals surface area contributed by atoms with Crippen LogP contribution in [0.4, 0.5) is 5.69 Å². The molecule has 0 unspecified atom stereocenters. The zero-order valence-electron chi connectivity index (χ0n) is 28.7. The predicted octanol–water partition coefficient (Wildman–Crippen LogP) is 4.88. The first-order chi connectivity index (χ1) is 25.3. The Labute approximate surface area is 301 Å². The number of amides is 5. The Morgan fingerprint density at radius 1 is 0.635 bits per heavy atom. The van der Waals surface area contributed by atoms with Crippen LogP contribution in [-0.4, -0.2) is 69.2 Å². The molecule has 0 saturated carbocycles. The van der Waals surface area contributed by atoms with Crippen LogP contribution in [0.3, 0.4) is 0 Å². The standard InChI is InChI=1S/C41H40N6O5/c42-39(50)37-31-15-7-8-16-32(31)47(44-41(52)34-18-10-24-46(34)36(49)26-28-13-5-2-6-14-28)38(37)29-19-21-30(22-20-29)43-40(51)33-17-9-23-45(33)35(48)25-27-11-3-1-4-12-27/h1-8,11-16,19-22,33-34H,9-10,17-18,23-26H2,(H2,42,50)(H,43,51)(H,44,52)/t33-,34-/m0/s1. The van der Waals surface area contributed by atoms with Crippen LogP contribution in [0.2, 0.25) is 0 Å². The Kier molecular flexibility index (Phi) is 9.83. The second-order valence-corrected chi connectivity index (χ2v) is 13.3. The van der Waals surface area contributed by atoms with Crippen LogP contribution < -0.4 is 16.5 Å². The van der Waals surface area contributed by atoms with E-state index in [2.05, 4.69) is 10.7 Å². The zero-order chi connectivity index (χ0) is 36.2.